The number of benzene rings is 1. The van der Waals surface area contributed by atoms with Crippen LogP contribution in [0.25, 0.3) is 0 Å². The zero-order chi connectivity index (χ0) is 16.0. The van der Waals surface area contributed by atoms with Crippen LogP contribution in [0.4, 0.5) is 5.69 Å². The fourth-order valence-electron chi connectivity index (χ4n) is 2.68. The summed E-state index contributed by atoms with van der Waals surface area (Å²) in [6, 6.07) is 7.00. The molecule has 0 saturated carbocycles. The molecule has 1 aromatic rings. The molecule has 120 valence electrons. The second-order valence-electron chi connectivity index (χ2n) is 6.05. The maximum absolute atomic E-state index is 6.45. The average molecular weight is 312 g/mol. The molecule has 0 aliphatic heterocycles. The highest BCUT2D eigenvalue weighted by Gasteiger charge is 2.15. The number of halogens is 1. The third-order valence-corrected chi connectivity index (χ3v) is 4.23. The van der Waals surface area contributed by atoms with Gasteiger partial charge in [0.15, 0.2) is 0 Å². The lowest BCUT2D eigenvalue weighted by atomic mass is 10.0. The summed E-state index contributed by atoms with van der Waals surface area (Å²) in [5.41, 5.74) is 8.36. The van der Waals surface area contributed by atoms with Crippen LogP contribution in [0.5, 0.6) is 0 Å². The molecule has 1 aromatic carbocycles. The molecule has 0 amide bonds. The van der Waals surface area contributed by atoms with Gasteiger partial charge in [-0.2, -0.15) is 0 Å². The SMILES string of the molecule is CCC(N)Cc1ccc(N(CC)C(C)CN(C)C)cc1Cl. The van der Waals surface area contributed by atoms with Crippen molar-refractivity contribution in [2.24, 2.45) is 5.73 Å². The van der Waals surface area contributed by atoms with Gasteiger partial charge in [-0.05, 0) is 58.5 Å². The Morgan fingerprint density at radius 3 is 2.38 bits per heavy atom. The molecule has 0 spiro atoms. The summed E-state index contributed by atoms with van der Waals surface area (Å²) in [7, 11) is 4.21. The summed E-state index contributed by atoms with van der Waals surface area (Å²) in [6.07, 6.45) is 1.81. The Labute approximate surface area is 135 Å². The van der Waals surface area contributed by atoms with Crippen molar-refractivity contribution in [1.29, 1.82) is 0 Å². The van der Waals surface area contributed by atoms with Crippen LogP contribution < -0.4 is 10.6 Å². The molecule has 2 atom stereocenters. The highest BCUT2D eigenvalue weighted by molar-refractivity contribution is 6.31. The molecule has 0 aromatic heterocycles. The fourth-order valence-corrected chi connectivity index (χ4v) is 2.93. The monoisotopic (exact) mass is 311 g/mol. The molecule has 1 rings (SSSR count). The van der Waals surface area contributed by atoms with Gasteiger partial charge >= 0.3 is 0 Å². The van der Waals surface area contributed by atoms with Crippen LogP contribution in [0.15, 0.2) is 18.2 Å². The first-order chi connectivity index (χ1) is 9.88. The lowest BCUT2D eigenvalue weighted by molar-refractivity contribution is 0.373. The molecule has 0 radical (unpaired) electrons. The van der Waals surface area contributed by atoms with Gasteiger partial charge in [-0.1, -0.05) is 24.6 Å². The van der Waals surface area contributed by atoms with Crippen molar-refractivity contribution in [3.05, 3.63) is 28.8 Å². The van der Waals surface area contributed by atoms with E-state index < -0.39 is 0 Å². The Bertz CT molecular complexity index is 434. The highest BCUT2D eigenvalue weighted by Crippen LogP contribution is 2.26. The van der Waals surface area contributed by atoms with Crippen LogP contribution in [0.1, 0.15) is 32.8 Å². The van der Waals surface area contributed by atoms with Gasteiger partial charge in [0.25, 0.3) is 0 Å². The molecule has 0 bridgehead atoms. The number of nitrogens with two attached hydrogens (primary N) is 1. The number of rotatable bonds is 8. The number of hydrogen-bond acceptors (Lipinski definition) is 3. The second-order valence-corrected chi connectivity index (χ2v) is 6.45. The van der Waals surface area contributed by atoms with Crippen molar-refractivity contribution in [3.63, 3.8) is 0 Å². The highest BCUT2D eigenvalue weighted by atomic mass is 35.5. The lowest BCUT2D eigenvalue weighted by Gasteiger charge is -2.32. The Balaban J connectivity index is 2.89. The van der Waals surface area contributed by atoms with Crippen LogP contribution in [0.3, 0.4) is 0 Å². The molecular weight excluding hydrogens is 282 g/mol. The first-order valence-corrected chi connectivity index (χ1v) is 8.22. The Morgan fingerprint density at radius 1 is 1.24 bits per heavy atom. The quantitative estimate of drug-likeness (QED) is 0.798. The molecule has 0 aliphatic carbocycles. The first kappa shape index (κ1) is 18.3. The summed E-state index contributed by atoms with van der Waals surface area (Å²) in [4.78, 5) is 4.60. The minimum absolute atomic E-state index is 0.184. The van der Waals surface area contributed by atoms with Crippen molar-refractivity contribution in [3.8, 4) is 0 Å². The van der Waals surface area contributed by atoms with Crippen molar-refractivity contribution in [2.75, 3.05) is 32.1 Å². The molecule has 2 unspecified atom stereocenters. The van der Waals surface area contributed by atoms with Gasteiger partial charge in [-0.3, -0.25) is 0 Å². The number of nitrogens with zero attached hydrogens (tertiary/aromatic N) is 2. The predicted octanol–water partition coefficient (Wildman–Crippen LogP) is 3.40. The summed E-state index contributed by atoms with van der Waals surface area (Å²) in [5, 5.41) is 0.826. The summed E-state index contributed by atoms with van der Waals surface area (Å²) in [6.45, 7) is 8.53. The molecule has 4 heteroatoms. The van der Waals surface area contributed by atoms with Gasteiger partial charge in [0, 0.05) is 35.9 Å². The smallest absolute Gasteiger partial charge is 0.0459 e. The molecular formula is C17H30ClN3. The summed E-state index contributed by atoms with van der Waals surface area (Å²) < 4.78 is 0. The largest absolute Gasteiger partial charge is 0.368 e. The first-order valence-electron chi connectivity index (χ1n) is 7.84. The number of anilines is 1. The van der Waals surface area contributed by atoms with Crippen molar-refractivity contribution in [1.82, 2.24) is 4.90 Å². The maximum Gasteiger partial charge on any atom is 0.0459 e. The second kappa shape index (κ2) is 8.62. The maximum atomic E-state index is 6.45. The Kier molecular flexibility index (Phi) is 7.50. The van der Waals surface area contributed by atoms with Crippen LogP contribution >= 0.6 is 11.6 Å². The van der Waals surface area contributed by atoms with E-state index in [-0.39, 0.29) is 6.04 Å². The van der Waals surface area contributed by atoms with Gasteiger partial charge in [0.05, 0.1) is 0 Å². The summed E-state index contributed by atoms with van der Waals surface area (Å²) in [5.74, 6) is 0. The van der Waals surface area contributed by atoms with E-state index in [0.717, 1.165) is 36.5 Å². The topological polar surface area (TPSA) is 32.5 Å². The van der Waals surface area contributed by atoms with E-state index >= 15 is 0 Å². The van der Waals surface area contributed by atoms with Crippen molar-refractivity contribution < 1.29 is 0 Å². The van der Waals surface area contributed by atoms with E-state index in [9.17, 15) is 0 Å². The van der Waals surface area contributed by atoms with Gasteiger partial charge < -0.3 is 15.5 Å². The minimum Gasteiger partial charge on any atom is -0.368 e. The Hall–Kier alpha value is -0.770. The molecule has 2 N–H and O–H groups in total. The fraction of sp³-hybridized carbons (Fsp3) is 0.647. The third-order valence-electron chi connectivity index (χ3n) is 3.88. The predicted molar refractivity (Wildman–Crippen MR) is 94.5 cm³/mol. The van der Waals surface area contributed by atoms with E-state index in [1.165, 1.54) is 5.69 Å². The Morgan fingerprint density at radius 2 is 1.90 bits per heavy atom. The standard InChI is InChI=1S/C17H30ClN3/c1-6-15(19)10-14-8-9-16(11-17(14)18)21(7-2)13(3)12-20(4)5/h8-9,11,13,15H,6-7,10,12,19H2,1-5H3. The molecule has 21 heavy (non-hydrogen) atoms. The zero-order valence-electron chi connectivity index (χ0n) is 14.1. The van der Waals surface area contributed by atoms with Gasteiger partial charge in [-0.15, -0.1) is 0 Å². The van der Waals surface area contributed by atoms with Gasteiger partial charge in [0.2, 0.25) is 0 Å². The van der Waals surface area contributed by atoms with Crippen molar-refractivity contribution >= 4 is 17.3 Å². The van der Waals surface area contributed by atoms with Crippen LogP contribution in [0.2, 0.25) is 5.02 Å². The van der Waals surface area contributed by atoms with Crippen molar-refractivity contribution in [2.45, 2.75) is 45.7 Å². The van der Waals surface area contributed by atoms with Gasteiger partial charge in [0.1, 0.15) is 0 Å². The van der Waals surface area contributed by atoms with Crippen LogP contribution in [-0.2, 0) is 6.42 Å². The van der Waals surface area contributed by atoms with E-state index in [0.29, 0.717) is 6.04 Å². The zero-order valence-corrected chi connectivity index (χ0v) is 14.8. The minimum atomic E-state index is 0.184. The molecule has 0 aliphatic rings. The van der Waals surface area contributed by atoms with Crippen LogP contribution in [0, 0.1) is 0 Å². The normalized spacial score (nSPS) is 14.3. The van der Waals surface area contributed by atoms with E-state index in [1.807, 2.05) is 0 Å². The molecule has 0 saturated heterocycles. The third kappa shape index (κ3) is 5.50. The summed E-state index contributed by atoms with van der Waals surface area (Å²) >= 11 is 6.45. The van der Waals surface area contributed by atoms with E-state index in [1.54, 1.807) is 0 Å². The average Bonchev–Trinajstić information content (AvgIpc) is 2.41. The van der Waals surface area contributed by atoms with Gasteiger partial charge in [-0.25, -0.2) is 0 Å². The number of hydrogen-bond donors (Lipinski definition) is 1. The lowest BCUT2D eigenvalue weighted by Crippen LogP contribution is -2.40. The van der Waals surface area contributed by atoms with E-state index in [4.69, 9.17) is 17.3 Å². The molecule has 0 fully saturated rings. The molecule has 3 nitrogen and oxygen atoms in total. The van der Waals surface area contributed by atoms with E-state index in [2.05, 4.69) is 62.9 Å². The number of likely N-dealkylation sites (N-methyl/N-ethyl adjacent to an activating group) is 2. The molecule has 0 heterocycles. The van der Waals surface area contributed by atoms with Crippen LogP contribution in [-0.4, -0.2) is 44.2 Å².